The minimum atomic E-state index is 0.00562. The molecule has 1 atom stereocenters. The van der Waals surface area contributed by atoms with Crippen LogP contribution in [0.1, 0.15) is 35.8 Å². The van der Waals surface area contributed by atoms with E-state index in [0.29, 0.717) is 12.6 Å². The molecule has 104 valence electrons. The molecule has 2 heterocycles. The molecule has 1 aromatic heterocycles. The second-order valence-corrected chi connectivity index (χ2v) is 5.29. The number of ether oxygens (including phenoxy) is 1. The summed E-state index contributed by atoms with van der Waals surface area (Å²) in [7, 11) is 0. The Kier molecular flexibility index (Phi) is 3.84. The summed E-state index contributed by atoms with van der Waals surface area (Å²) in [6.07, 6.45) is 5.74. The molecule has 2 aliphatic rings. The summed E-state index contributed by atoms with van der Waals surface area (Å²) < 4.78 is 7.68. The van der Waals surface area contributed by atoms with Crippen LogP contribution < -0.4 is 10.6 Å². The second kappa shape index (κ2) is 5.75. The van der Waals surface area contributed by atoms with Crippen molar-refractivity contribution >= 4 is 5.91 Å². The molecule has 0 spiro atoms. The molecule has 0 aromatic carbocycles. The maximum absolute atomic E-state index is 12.2. The normalized spacial score (nSPS) is 23.9. The van der Waals surface area contributed by atoms with Crippen molar-refractivity contribution < 1.29 is 9.53 Å². The van der Waals surface area contributed by atoms with Crippen LogP contribution in [0.15, 0.2) is 18.3 Å². The van der Waals surface area contributed by atoms with Crippen LogP contribution in [0.5, 0.6) is 0 Å². The van der Waals surface area contributed by atoms with E-state index in [4.69, 9.17) is 4.74 Å². The third kappa shape index (κ3) is 2.82. The van der Waals surface area contributed by atoms with E-state index < -0.39 is 0 Å². The fraction of sp³-hybridized carbons (Fsp3) is 0.643. The molecule has 1 unspecified atom stereocenters. The fourth-order valence-electron chi connectivity index (χ4n) is 2.62. The summed E-state index contributed by atoms with van der Waals surface area (Å²) in [5.74, 6) is 0.00562. The van der Waals surface area contributed by atoms with E-state index in [1.807, 2.05) is 18.3 Å². The molecular formula is C14H21N3O2. The van der Waals surface area contributed by atoms with Gasteiger partial charge in [-0.25, -0.2) is 0 Å². The van der Waals surface area contributed by atoms with Gasteiger partial charge in [0.2, 0.25) is 0 Å². The number of nitrogens with one attached hydrogen (secondary N) is 2. The third-order valence-electron chi connectivity index (χ3n) is 3.97. The minimum Gasteiger partial charge on any atom is -0.374 e. The van der Waals surface area contributed by atoms with Crippen molar-refractivity contribution in [3.05, 3.63) is 24.0 Å². The highest BCUT2D eigenvalue weighted by molar-refractivity contribution is 5.92. The van der Waals surface area contributed by atoms with Crippen molar-refractivity contribution in [3.63, 3.8) is 0 Å². The van der Waals surface area contributed by atoms with Crippen molar-refractivity contribution in [2.75, 3.05) is 26.2 Å². The van der Waals surface area contributed by atoms with Gasteiger partial charge in [-0.1, -0.05) is 0 Å². The molecule has 5 nitrogen and oxygen atoms in total. The quantitative estimate of drug-likeness (QED) is 0.850. The molecule has 5 heteroatoms. The van der Waals surface area contributed by atoms with Crippen LogP contribution in [0.3, 0.4) is 0 Å². The Labute approximate surface area is 113 Å². The Hall–Kier alpha value is -1.33. The maximum Gasteiger partial charge on any atom is 0.268 e. The minimum absolute atomic E-state index is 0.00562. The maximum atomic E-state index is 12.2. The standard InChI is InChI=1S/C14H21N3O2/c18-14(16-10-12-9-15-6-8-19-12)13-5-2-7-17(13)11-3-1-4-11/h2,5,7,11-12,15H,1,3-4,6,8-10H2,(H,16,18). The smallest absolute Gasteiger partial charge is 0.268 e. The first-order valence-electron chi connectivity index (χ1n) is 7.12. The predicted octanol–water partition coefficient (Wildman–Crippen LogP) is 0.931. The van der Waals surface area contributed by atoms with Gasteiger partial charge in [-0.05, 0) is 31.4 Å². The number of hydrogen-bond donors (Lipinski definition) is 2. The Morgan fingerprint density at radius 1 is 1.53 bits per heavy atom. The lowest BCUT2D eigenvalue weighted by molar-refractivity contribution is 0.0286. The summed E-state index contributed by atoms with van der Waals surface area (Å²) in [5.41, 5.74) is 0.772. The van der Waals surface area contributed by atoms with Crippen LogP contribution in [-0.4, -0.2) is 42.8 Å². The van der Waals surface area contributed by atoms with Gasteiger partial charge in [0.1, 0.15) is 5.69 Å². The molecule has 0 bridgehead atoms. The van der Waals surface area contributed by atoms with Gasteiger partial charge in [-0.2, -0.15) is 0 Å². The molecule has 1 aliphatic heterocycles. The van der Waals surface area contributed by atoms with Gasteiger partial charge in [0.25, 0.3) is 5.91 Å². The second-order valence-electron chi connectivity index (χ2n) is 5.29. The van der Waals surface area contributed by atoms with Crippen LogP contribution in [0.4, 0.5) is 0 Å². The topological polar surface area (TPSA) is 55.3 Å². The fourth-order valence-corrected chi connectivity index (χ4v) is 2.62. The first-order chi connectivity index (χ1) is 9.34. The summed E-state index contributed by atoms with van der Waals surface area (Å²) in [6, 6.07) is 4.36. The number of carbonyl (C=O) groups excluding carboxylic acids is 1. The molecule has 1 aliphatic carbocycles. The van der Waals surface area contributed by atoms with Gasteiger partial charge in [-0.3, -0.25) is 4.79 Å². The number of aromatic nitrogens is 1. The molecule has 1 aromatic rings. The first-order valence-corrected chi connectivity index (χ1v) is 7.12. The first kappa shape index (κ1) is 12.7. The highest BCUT2D eigenvalue weighted by Gasteiger charge is 2.23. The lowest BCUT2D eigenvalue weighted by Crippen LogP contribution is -2.45. The van der Waals surface area contributed by atoms with E-state index in [1.54, 1.807) is 0 Å². The van der Waals surface area contributed by atoms with E-state index in [-0.39, 0.29) is 12.0 Å². The molecular weight excluding hydrogens is 242 g/mol. The molecule has 1 saturated heterocycles. The van der Waals surface area contributed by atoms with Gasteiger partial charge in [0, 0.05) is 31.9 Å². The number of amides is 1. The lowest BCUT2D eigenvalue weighted by atomic mass is 9.93. The Morgan fingerprint density at radius 2 is 2.42 bits per heavy atom. The van der Waals surface area contributed by atoms with Crippen molar-refractivity contribution in [1.29, 1.82) is 0 Å². The summed E-state index contributed by atoms with van der Waals surface area (Å²) in [6.45, 7) is 3.00. The number of rotatable bonds is 4. The average molecular weight is 263 g/mol. The number of morpholine rings is 1. The summed E-state index contributed by atoms with van der Waals surface area (Å²) >= 11 is 0. The van der Waals surface area contributed by atoms with Gasteiger partial charge in [-0.15, -0.1) is 0 Å². The molecule has 0 radical (unpaired) electrons. The zero-order chi connectivity index (χ0) is 13.1. The predicted molar refractivity (Wildman–Crippen MR) is 72.3 cm³/mol. The van der Waals surface area contributed by atoms with Crippen LogP contribution in [-0.2, 0) is 4.74 Å². The van der Waals surface area contributed by atoms with Crippen LogP contribution in [0.25, 0.3) is 0 Å². The van der Waals surface area contributed by atoms with Crippen LogP contribution >= 0.6 is 0 Å². The van der Waals surface area contributed by atoms with E-state index in [9.17, 15) is 4.79 Å². The molecule has 1 saturated carbocycles. The highest BCUT2D eigenvalue weighted by atomic mass is 16.5. The van der Waals surface area contributed by atoms with Crippen molar-refractivity contribution in [3.8, 4) is 0 Å². The van der Waals surface area contributed by atoms with Gasteiger partial charge in [0.15, 0.2) is 0 Å². The number of hydrogen-bond acceptors (Lipinski definition) is 3. The molecule has 2 N–H and O–H groups in total. The van der Waals surface area contributed by atoms with Crippen molar-refractivity contribution in [1.82, 2.24) is 15.2 Å². The Balaban J connectivity index is 1.56. The van der Waals surface area contributed by atoms with Crippen LogP contribution in [0.2, 0.25) is 0 Å². The van der Waals surface area contributed by atoms with Gasteiger partial charge < -0.3 is 19.9 Å². The van der Waals surface area contributed by atoms with Gasteiger partial charge >= 0.3 is 0 Å². The average Bonchev–Trinajstić information content (AvgIpc) is 2.84. The number of nitrogens with zero attached hydrogens (tertiary/aromatic N) is 1. The number of carbonyl (C=O) groups is 1. The Morgan fingerprint density at radius 3 is 3.11 bits per heavy atom. The monoisotopic (exact) mass is 263 g/mol. The van der Waals surface area contributed by atoms with Crippen molar-refractivity contribution in [2.24, 2.45) is 0 Å². The third-order valence-corrected chi connectivity index (χ3v) is 3.97. The van der Waals surface area contributed by atoms with Gasteiger partial charge in [0.05, 0.1) is 12.7 Å². The van der Waals surface area contributed by atoms with Crippen LogP contribution in [0, 0.1) is 0 Å². The van der Waals surface area contributed by atoms with E-state index in [1.165, 1.54) is 19.3 Å². The largest absolute Gasteiger partial charge is 0.374 e. The highest BCUT2D eigenvalue weighted by Crippen LogP contribution is 2.32. The molecule has 19 heavy (non-hydrogen) atoms. The Bertz CT molecular complexity index is 434. The lowest BCUT2D eigenvalue weighted by Gasteiger charge is -2.29. The van der Waals surface area contributed by atoms with E-state index >= 15 is 0 Å². The summed E-state index contributed by atoms with van der Waals surface area (Å²) in [5, 5.41) is 6.23. The zero-order valence-corrected chi connectivity index (χ0v) is 11.1. The van der Waals surface area contributed by atoms with E-state index in [0.717, 1.165) is 25.4 Å². The molecule has 2 fully saturated rings. The molecule has 1 amide bonds. The van der Waals surface area contributed by atoms with E-state index in [2.05, 4.69) is 15.2 Å². The van der Waals surface area contributed by atoms with Crippen molar-refractivity contribution in [2.45, 2.75) is 31.4 Å². The SMILES string of the molecule is O=C(NCC1CNCCO1)c1cccn1C1CCC1. The molecule has 3 rings (SSSR count). The zero-order valence-electron chi connectivity index (χ0n) is 11.1. The summed E-state index contributed by atoms with van der Waals surface area (Å²) in [4.78, 5) is 12.2.